The van der Waals surface area contributed by atoms with Crippen LogP contribution in [0.3, 0.4) is 0 Å². The summed E-state index contributed by atoms with van der Waals surface area (Å²) < 4.78 is 4.45. The summed E-state index contributed by atoms with van der Waals surface area (Å²) in [6.45, 7) is 0. The van der Waals surface area contributed by atoms with E-state index in [1.165, 1.54) is 32.9 Å². The summed E-state index contributed by atoms with van der Waals surface area (Å²) in [7, 11) is 2.12. The van der Waals surface area contributed by atoms with Crippen molar-refractivity contribution in [1.82, 2.24) is 4.57 Å². The Morgan fingerprint density at radius 2 is 1.41 bits per heavy atom. The number of fused-ring (bicyclic) bond motifs is 3. The van der Waals surface area contributed by atoms with Crippen molar-refractivity contribution in [1.29, 1.82) is 0 Å². The molecule has 3 heteroatoms. The van der Waals surface area contributed by atoms with E-state index in [0.717, 1.165) is 8.95 Å². The highest BCUT2D eigenvalue weighted by molar-refractivity contribution is 9.11. The van der Waals surface area contributed by atoms with E-state index in [-0.39, 0.29) is 0 Å². The zero-order valence-electron chi connectivity index (χ0n) is 12.0. The molecule has 1 aromatic heterocycles. The summed E-state index contributed by atoms with van der Waals surface area (Å²) in [5.74, 6) is 0. The lowest BCUT2D eigenvalue weighted by Crippen LogP contribution is -1.86. The van der Waals surface area contributed by atoms with Crippen molar-refractivity contribution >= 4 is 53.7 Å². The molecule has 4 aromatic rings. The molecular weight excluding hydrogens is 402 g/mol. The Bertz CT molecular complexity index is 994. The normalized spacial score (nSPS) is 11.4. The highest BCUT2D eigenvalue weighted by atomic mass is 79.9. The van der Waals surface area contributed by atoms with Crippen molar-refractivity contribution in [3.8, 4) is 11.1 Å². The maximum Gasteiger partial charge on any atom is 0.0489 e. The molecule has 108 valence electrons. The van der Waals surface area contributed by atoms with E-state index in [1.54, 1.807) is 0 Å². The molecule has 0 fully saturated rings. The van der Waals surface area contributed by atoms with E-state index in [0.29, 0.717) is 0 Å². The summed E-state index contributed by atoms with van der Waals surface area (Å²) in [6.07, 6.45) is 0. The van der Waals surface area contributed by atoms with Crippen molar-refractivity contribution in [3.63, 3.8) is 0 Å². The topological polar surface area (TPSA) is 4.93 Å². The number of benzene rings is 3. The van der Waals surface area contributed by atoms with Gasteiger partial charge in [-0.2, -0.15) is 0 Å². The van der Waals surface area contributed by atoms with Crippen LogP contribution in [0.2, 0.25) is 0 Å². The van der Waals surface area contributed by atoms with Crippen LogP contribution < -0.4 is 0 Å². The minimum Gasteiger partial charge on any atom is -0.344 e. The SMILES string of the molecule is Cn1c2ccccc2c2cc(-c3c(Br)cccc3Br)ccc21. The van der Waals surface area contributed by atoms with E-state index in [1.807, 2.05) is 6.07 Å². The van der Waals surface area contributed by atoms with E-state index >= 15 is 0 Å². The van der Waals surface area contributed by atoms with Crippen molar-refractivity contribution < 1.29 is 0 Å². The van der Waals surface area contributed by atoms with E-state index in [4.69, 9.17) is 0 Å². The van der Waals surface area contributed by atoms with Gasteiger partial charge < -0.3 is 4.57 Å². The molecule has 4 rings (SSSR count). The van der Waals surface area contributed by atoms with Gasteiger partial charge in [-0.3, -0.25) is 0 Å². The van der Waals surface area contributed by atoms with Gasteiger partial charge in [0.2, 0.25) is 0 Å². The fourth-order valence-corrected chi connectivity index (χ4v) is 4.55. The molecule has 0 saturated heterocycles. The molecule has 1 nitrogen and oxygen atoms in total. The second-order valence-electron chi connectivity index (χ2n) is 5.40. The lowest BCUT2D eigenvalue weighted by molar-refractivity contribution is 1.01. The molecule has 0 unspecified atom stereocenters. The first-order chi connectivity index (χ1) is 10.7. The molecule has 1 heterocycles. The molecule has 0 saturated carbocycles. The number of rotatable bonds is 1. The standard InChI is InChI=1S/C19H13Br2N/c1-22-17-8-3-2-5-13(17)14-11-12(9-10-18(14)22)19-15(20)6-4-7-16(19)21/h2-11H,1H3. The summed E-state index contributed by atoms with van der Waals surface area (Å²) >= 11 is 7.34. The first-order valence-electron chi connectivity index (χ1n) is 7.08. The van der Waals surface area contributed by atoms with Crippen LogP contribution in [0, 0.1) is 0 Å². The van der Waals surface area contributed by atoms with Crippen LogP contribution in [0.25, 0.3) is 32.9 Å². The lowest BCUT2D eigenvalue weighted by Gasteiger charge is -2.08. The molecule has 0 bridgehead atoms. The monoisotopic (exact) mass is 413 g/mol. The van der Waals surface area contributed by atoms with Gasteiger partial charge >= 0.3 is 0 Å². The smallest absolute Gasteiger partial charge is 0.0489 e. The van der Waals surface area contributed by atoms with Crippen LogP contribution in [0.15, 0.2) is 69.6 Å². The number of aryl methyl sites for hydroxylation is 1. The molecule has 22 heavy (non-hydrogen) atoms. The fraction of sp³-hybridized carbons (Fsp3) is 0.0526. The predicted molar refractivity (Wildman–Crippen MR) is 101 cm³/mol. The number of halogens is 2. The number of hydrogen-bond acceptors (Lipinski definition) is 0. The maximum absolute atomic E-state index is 3.67. The Labute approximate surface area is 145 Å². The van der Waals surface area contributed by atoms with Gasteiger partial charge in [0.15, 0.2) is 0 Å². The van der Waals surface area contributed by atoms with Gasteiger partial charge in [0.1, 0.15) is 0 Å². The average molecular weight is 415 g/mol. The predicted octanol–water partition coefficient (Wildman–Crippen LogP) is 6.52. The van der Waals surface area contributed by atoms with Gasteiger partial charge in [-0.1, -0.05) is 62.2 Å². The number of hydrogen-bond donors (Lipinski definition) is 0. The Kier molecular flexibility index (Phi) is 3.35. The first-order valence-corrected chi connectivity index (χ1v) is 8.67. The number of para-hydroxylation sites is 1. The van der Waals surface area contributed by atoms with Gasteiger partial charge in [-0.05, 0) is 35.9 Å². The van der Waals surface area contributed by atoms with Crippen LogP contribution in [-0.2, 0) is 7.05 Å². The summed E-state index contributed by atoms with van der Waals surface area (Å²) in [4.78, 5) is 0. The summed E-state index contributed by atoms with van der Waals surface area (Å²) in [5, 5.41) is 2.59. The largest absolute Gasteiger partial charge is 0.344 e. The van der Waals surface area contributed by atoms with Crippen LogP contribution >= 0.6 is 31.9 Å². The zero-order valence-corrected chi connectivity index (χ0v) is 15.1. The molecule has 0 aliphatic carbocycles. The van der Waals surface area contributed by atoms with Crippen molar-refractivity contribution in [2.24, 2.45) is 7.05 Å². The van der Waals surface area contributed by atoms with Crippen LogP contribution in [0.4, 0.5) is 0 Å². The Morgan fingerprint density at radius 1 is 0.727 bits per heavy atom. The van der Waals surface area contributed by atoms with Crippen LogP contribution in [-0.4, -0.2) is 4.57 Å². The van der Waals surface area contributed by atoms with E-state index in [9.17, 15) is 0 Å². The average Bonchev–Trinajstić information content (AvgIpc) is 2.81. The van der Waals surface area contributed by atoms with Gasteiger partial charge in [0.05, 0.1) is 0 Å². The fourth-order valence-electron chi connectivity index (χ4n) is 3.10. The van der Waals surface area contributed by atoms with E-state index in [2.05, 4.69) is 98.1 Å². The molecule has 0 N–H and O–H groups in total. The van der Waals surface area contributed by atoms with E-state index < -0.39 is 0 Å². The van der Waals surface area contributed by atoms with Crippen LogP contribution in [0.1, 0.15) is 0 Å². The molecule has 0 radical (unpaired) electrons. The molecule has 0 aliphatic rings. The first kappa shape index (κ1) is 14.0. The molecular formula is C19H13Br2N. The van der Waals surface area contributed by atoms with Gasteiger partial charge in [0.25, 0.3) is 0 Å². The Morgan fingerprint density at radius 3 is 2.18 bits per heavy atom. The van der Waals surface area contributed by atoms with Gasteiger partial charge in [-0.25, -0.2) is 0 Å². The minimum absolute atomic E-state index is 1.10. The lowest BCUT2D eigenvalue weighted by atomic mass is 10.0. The van der Waals surface area contributed by atoms with Gasteiger partial charge in [0, 0.05) is 43.4 Å². The highest BCUT2D eigenvalue weighted by Crippen LogP contribution is 2.38. The molecule has 3 aromatic carbocycles. The Hall–Kier alpha value is -1.58. The Balaban J connectivity index is 2.08. The minimum atomic E-state index is 1.10. The van der Waals surface area contributed by atoms with Gasteiger partial charge in [-0.15, -0.1) is 0 Å². The maximum atomic E-state index is 3.67. The second kappa shape index (κ2) is 5.25. The zero-order chi connectivity index (χ0) is 15.3. The summed E-state index contributed by atoms with van der Waals surface area (Å²) in [6, 6.07) is 21.4. The quantitative estimate of drug-likeness (QED) is 0.334. The molecule has 0 spiro atoms. The number of nitrogens with zero attached hydrogens (tertiary/aromatic N) is 1. The highest BCUT2D eigenvalue weighted by Gasteiger charge is 2.12. The number of aromatic nitrogens is 1. The van der Waals surface area contributed by atoms with Crippen molar-refractivity contribution in [2.45, 2.75) is 0 Å². The summed E-state index contributed by atoms with van der Waals surface area (Å²) in [5.41, 5.74) is 4.93. The second-order valence-corrected chi connectivity index (χ2v) is 7.11. The van der Waals surface area contributed by atoms with Crippen molar-refractivity contribution in [3.05, 3.63) is 69.6 Å². The van der Waals surface area contributed by atoms with Crippen LogP contribution in [0.5, 0.6) is 0 Å². The van der Waals surface area contributed by atoms with Crippen molar-refractivity contribution in [2.75, 3.05) is 0 Å². The third kappa shape index (κ3) is 2.03. The third-order valence-corrected chi connectivity index (χ3v) is 5.49. The molecule has 0 aliphatic heterocycles. The third-order valence-electron chi connectivity index (χ3n) is 4.16. The molecule has 0 amide bonds. The molecule has 0 atom stereocenters.